The fourth-order valence-electron chi connectivity index (χ4n) is 6.76. The second kappa shape index (κ2) is 12.7. The fourth-order valence-corrected chi connectivity index (χ4v) is 13.2. The van der Waals surface area contributed by atoms with Crippen LogP contribution in [0.3, 0.4) is 0 Å². The van der Waals surface area contributed by atoms with Crippen LogP contribution in [-0.2, 0) is 30.0 Å². The van der Waals surface area contributed by atoms with Crippen molar-refractivity contribution >= 4 is 28.5 Å². The van der Waals surface area contributed by atoms with Gasteiger partial charge in [0.05, 0.1) is 13.2 Å². The van der Waals surface area contributed by atoms with Crippen LogP contribution >= 0.6 is 11.6 Å². The number of hydrogen-bond acceptors (Lipinski definition) is 6. The lowest BCUT2D eigenvalue weighted by Gasteiger charge is -2.60. The minimum absolute atomic E-state index is 0.0597. The average Bonchev–Trinajstić information content (AvgIpc) is 2.91. The van der Waals surface area contributed by atoms with E-state index in [0.29, 0.717) is 24.7 Å². The lowest BCUT2D eigenvalue weighted by molar-refractivity contribution is -0.281. The zero-order valence-electron chi connectivity index (χ0n) is 29.8. The Kier molecular flexibility index (Phi) is 10.3. The quantitative estimate of drug-likeness (QED) is 0.295. The van der Waals surface area contributed by atoms with Crippen molar-refractivity contribution in [2.75, 3.05) is 13.2 Å². The summed E-state index contributed by atoms with van der Waals surface area (Å²) >= 11 is 6.76. The van der Waals surface area contributed by atoms with Crippen molar-refractivity contribution in [2.45, 2.75) is 141 Å². The standard InChI is InChI=1S/C36H57ClO6Si2/c1-14-39-27-18-15-24(16-19-27)21-25-22-26(17-20-28(25)37)36(11)32(38)31(42-44(12,13)33(2,3)4)30-29(41-36)23-40-45(43-30,34(5,6)7)35(8,9)10/h15-20,22,29-32,38H,14,21,23H2,1-13H3. The Balaban J connectivity index is 1.76. The molecule has 2 aromatic carbocycles. The van der Waals surface area contributed by atoms with Gasteiger partial charge in [-0.2, -0.15) is 0 Å². The molecule has 0 spiro atoms. The van der Waals surface area contributed by atoms with Gasteiger partial charge in [-0.3, -0.25) is 0 Å². The van der Waals surface area contributed by atoms with E-state index in [0.717, 1.165) is 22.4 Å². The lowest BCUT2D eigenvalue weighted by atomic mass is 9.80. The van der Waals surface area contributed by atoms with Crippen LogP contribution < -0.4 is 4.74 Å². The van der Waals surface area contributed by atoms with Gasteiger partial charge >= 0.3 is 8.56 Å². The smallest absolute Gasteiger partial charge is 0.349 e. The van der Waals surface area contributed by atoms with E-state index in [1.165, 1.54) is 0 Å². The van der Waals surface area contributed by atoms with Crippen LogP contribution in [0.2, 0.25) is 33.2 Å². The number of rotatable bonds is 7. The van der Waals surface area contributed by atoms with Crippen LogP contribution in [0.1, 0.15) is 92.9 Å². The summed E-state index contributed by atoms with van der Waals surface area (Å²) < 4.78 is 33.8. The van der Waals surface area contributed by atoms with Gasteiger partial charge in [0.2, 0.25) is 0 Å². The third kappa shape index (κ3) is 7.00. The van der Waals surface area contributed by atoms with Crippen LogP contribution in [0.4, 0.5) is 0 Å². The van der Waals surface area contributed by atoms with Gasteiger partial charge in [-0.25, -0.2) is 0 Å². The molecule has 2 aromatic rings. The highest BCUT2D eigenvalue weighted by atomic mass is 35.5. The molecule has 6 nitrogen and oxygen atoms in total. The van der Waals surface area contributed by atoms with Crippen LogP contribution in [0.25, 0.3) is 0 Å². The summed E-state index contributed by atoms with van der Waals surface area (Å²) in [7, 11) is -5.21. The number of ether oxygens (including phenoxy) is 2. The minimum Gasteiger partial charge on any atom is -0.494 e. The summed E-state index contributed by atoms with van der Waals surface area (Å²) in [5.41, 5.74) is 1.85. The summed E-state index contributed by atoms with van der Waals surface area (Å²) in [6, 6.07) is 14.0. The van der Waals surface area contributed by atoms with E-state index in [-0.39, 0.29) is 15.1 Å². The molecule has 1 N–H and O–H groups in total. The first kappa shape index (κ1) is 36.6. The molecule has 0 bridgehead atoms. The van der Waals surface area contributed by atoms with E-state index in [9.17, 15) is 5.11 Å². The van der Waals surface area contributed by atoms with E-state index >= 15 is 0 Å². The first-order chi connectivity index (χ1) is 20.6. The van der Waals surface area contributed by atoms with Gasteiger partial charge in [-0.05, 0) is 73.3 Å². The summed E-state index contributed by atoms with van der Waals surface area (Å²) in [5.74, 6) is 0.844. The molecule has 2 aliphatic rings. The molecule has 2 saturated heterocycles. The highest BCUT2D eigenvalue weighted by Crippen LogP contribution is 2.56. The molecule has 2 aliphatic heterocycles. The first-order valence-corrected chi connectivity index (χ1v) is 21.5. The lowest BCUT2D eigenvalue weighted by Crippen LogP contribution is -2.73. The molecule has 5 atom stereocenters. The average molecular weight is 677 g/mol. The summed E-state index contributed by atoms with van der Waals surface area (Å²) in [6.45, 7) is 29.3. The molecule has 2 fully saturated rings. The van der Waals surface area contributed by atoms with Gasteiger partial charge in [0, 0.05) is 15.1 Å². The second-order valence-corrected chi connectivity index (χ2v) is 26.5. The van der Waals surface area contributed by atoms with Crippen LogP contribution in [0.15, 0.2) is 42.5 Å². The molecular weight excluding hydrogens is 620 g/mol. The zero-order chi connectivity index (χ0) is 33.8. The number of aliphatic hydroxyl groups excluding tert-OH is 1. The summed E-state index contributed by atoms with van der Waals surface area (Å²) in [6.07, 6.45) is -1.82. The zero-order valence-corrected chi connectivity index (χ0v) is 32.6. The van der Waals surface area contributed by atoms with Crippen LogP contribution in [-0.4, -0.2) is 59.6 Å². The normalized spacial score (nSPS) is 27.6. The van der Waals surface area contributed by atoms with E-state index in [4.69, 9.17) is 34.4 Å². The van der Waals surface area contributed by atoms with Gasteiger partial charge in [-0.15, -0.1) is 0 Å². The molecule has 5 unspecified atom stereocenters. The topological polar surface area (TPSA) is 66.4 Å². The molecule has 2 heterocycles. The molecule has 4 rings (SSSR count). The van der Waals surface area contributed by atoms with Crippen molar-refractivity contribution in [3.05, 3.63) is 64.2 Å². The Hall–Kier alpha value is -1.24. The van der Waals surface area contributed by atoms with Crippen molar-refractivity contribution in [2.24, 2.45) is 0 Å². The number of aliphatic hydroxyl groups is 1. The summed E-state index contributed by atoms with van der Waals surface area (Å²) in [4.78, 5) is 0. The van der Waals surface area contributed by atoms with Gasteiger partial charge < -0.3 is 27.9 Å². The molecule has 9 heteroatoms. The number of benzene rings is 2. The van der Waals surface area contributed by atoms with E-state index < -0.39 is 46.9 Å². The summed E-state index contributed by atoms with van der Waals surface area (Å²) in [5, 5.41) is 12.6. The maximum atomic E-state index is 12.4. The molecule has 0 saturated carbocycles. The van der Waals surface area contributed by atoms with Gasteiger partial charge in [0.25, 0.3) is 0 Å². The van der Waals surface area contributed by atoms with Gasteiger partial charge in [0.1, 0.15) is 35.8 Å². The minimum atomic E-state index is -2.86. The Morgan fingerprint density at radius 2 is 1.58 bits per heavy atom. The van der Waals surface area contributed by atoms with Gasteiger partial charge in [0.15, 0.2) is 8.32 Å². The molecule has 0 amide bonds. The predicted octanol–water partition coefficient (Wildman–Crippen LogP) is 9.15. The number of hydrogen-bond donors (Lipinski definition) is 1. The van der Waals surface area contributed by atoms with Crippen molar-refractivity contribution < 1.29 is 27.9 Å². The molecule has 45 heavy (non-hydrogen) atoms. The highest BCUT2D eigenvalue weighted by molar-refractivity contribution is 6.74. The monoisotopic (exact) mass is 676 g/mol. The van der Waals surface area contributed by atoms with Crippen LogP contribution in [0, 0.1) is 0 Å². The Bertz CT molecular complexity index is 1310. The SMILES string of the molecule is CCOc1ccc(Cc2cc(C3(C)OC4CO[Si](C(C)(C)C)(C(C)(C)C)OC4C(O[Si](C)(C)C(C)(C)C)C3O)ccc2Cl)cc1. The molecule has 0 radical (unpaired) electrons. The second-order valence-electron chi connectivity index (χ2n) is 16.6. The van der Waals surface area contributed by atoms with Gasteiger partial charge in [-0.1, -0.05) is 98.2 Å². The third-order valence-corrected chi connectivity index (χ3v) is 20.1. The number of fused-ring (bicyclic) bond motifs is 1. The number of halogens is 1. The highest BCUT2D eigenvalue weighted by Gasteiger charge is 2.66. The van der Waals surface area contributed by atoms with E-state index in [1.54, 1.807) is 0 Å². The third-order valence-electron chi connectivity index (χ3n) is 10.2. The van der Waals surface area contributed by atoms with Crippen molar-refractivity contribution in [3.63, 3.8) is 0 Å². The first-order valence-electron chi connectivity index (χ1n) is 16.4. The van der Waals surface area contributed by atoms with Crippen LogP contribution in [0.5, 0.6) is 5.75 Å². The van der Waals surface area contributed by atoms with E-state index in [1.807, 2.05) is 38.1 Å². The largest absolute Gasteiger partial charge is 0.494 e. The maximum Gasteiger partial charge on any atom is 0.349 e. The molecular formula is C36H57ClO6Si2. The van der Waals surface area contributed by atoms with Crippen molar-refractivity contribution in [1.29, 1.82) is 0 Å². The molecule has 0 aliphatic carbocycles. The molecule has 0 aromatic heterocycles. The maximum absolute atomic E-state index is 12.4. The van der Waals surface area contributed by atoms with Crippen molar-refractivity contribution in [3.8, 4) is 5.75 Å². The Morgan fingerprint density at radius 3 is 2.11 bits per heavy atom. The predicted molar refractivity (Wildman–Crippen MR) is 188 cm³/mol. The van der Waals surface area contributed by atoms with E-state index in [2.05, 4.69) is 93.6 Å². The fraction of sp³-hybridized carbons (Fsp3) is 0.667. The Labute approximate surface area is 279 Å². The van der Waals surface area contributed by atoms with Crippen molar-refractivity contribution in [1.82, 2.24) is 0 Å². The molecule has 252 valence electrons. The Morgan fingerprint density at radius 1 is 0.978 bits per heavy atom.